The molecule has 0 aromatic heterocycles. The van der Waals surface area contributed by atoms with Crippen LogP contribution in [0.15, 0.2) is 17.0 Å². The fraction of sp³-hybridized carbons (Fsp3) is 0.333. The molecule has 1 aromatic rings. The maximum absolute atomic E-state index is 13.3. The summed E-state index contributed by atoms with van der Waals surface area (Å²) in [6.45, 7) is 3.30. The van der Waals surface area contributed by atoms with Crippen molar-refractivity contribution in [2.45, 2.75) is 24.8 Å². The fourth-order valence-corrected chi connectivity index (χ4v) is 3.09. The summed E-state index contributed by atoms with van der Waals surface area (Å²) >= 11 is 11.1. The van der Waals surface area contributed by atoms with Gasteiger partial charge in [0.25, 0.3) is 0 Å². The number of hydrogen-bond donors (Lipinski definition) is 1. The molecule has 0 unspecified atom stereocenters. The Bertz CT molecular complexity index is 502. The van der Waals surface area contributed by atoms with Crippen LogP contribution in [0.3, 0.4) is 0 Å². The highest BCUT2D eigenvalue weighted by atomic mass is 35.5. The Morgan fingerprint density at radius 2 is 1.88 bits per heavy atom. The minimum atomic E-state index is -3.81. The van der Waals surface area contributed by atoms with Gasteiger partial charge in [-0.3, -0.25) is 0 Å². The van der Waals surface area contributed by atoms with Gasteiger partial charge in [0.05, 0.1) is 10.0 Å². The van der Waals surface area contributed by atoms with E-state index in [1.807, 2.05) is 0 Å². The highest BCUT2D eigenvalue weighted by Gasteiger charge is 2.22. The third kappa shape index (κ3) is 2.85. The smallest absolute Gasteiger partial charge is 0.209 e. The molecular formula is C9H10Cl2FNO2S. The van der Waals surface area contributed by atoms with Gasteiger partial charge in [-0.15, -0.1) is 0 Å². The van der Waals surface area contributed by atoms with Gasteiger partial charge in [-0.05, 0) is 26.0 Å². The molecule has 1 N–H and O–H groups in total. The van der Waals surface area contributed by atoms with E-state index >= 15 is 0 Å². The van der Waals surface area contributed by atoms with Crippen LogP contribution in [0.1, 0.15) is 13.8 Å². The van der Waals surface area contributed by atoms with E-state index in [0.717, 1.165) is 6.07 Å². The van der Waals surface area contributed by atoms with Crippen molar-refractivity contribution in [1.82, 2.24) is 4.72 Å². The summed E-state index contributed by atoms with van der Waals surface area (Å²) in [6.07, 6.45) is 0. The number of benzene rings is 1. The molecule has 0 saturated carbocycles. The highest BCUT2D eigenvalue weighted by Crippen LogP contribution is 2.29. The first kappa shape index (κ1) is 13.7. The van der Waals surface area contributed by atoms with Crippen molar-refractivity contribution >= 4 is 33.2 Å². The van der Waals surface area contributed by atoms with E-state index in [1.165, 1.54) is 6.07 Å². The van der Waals surface area contributed by atoms with Crippen LogP contribution in [-0.2, 0) is 10.0 Å². The molecule has 0 aliphatic heterocycles. The summed E-state index contributed by atoms with van der Waals surface area (Å²) < 4.78 is 39.0. The molecule has 0 aliphatic rings. The van der Waals surface area contributed by atoms with Crippen molar-refractivity contribution in [2.75, 3.05) is 0 Å². The predicted octanol–water partition coefficient (Wildman–Crippen LogP) is 2.82. The lowest BCUT2D eigenvalue weighted by Crippen LogP contribution is -2.30. The lowest BCUT2D eigenvalue weighted by molar-refractivity contribution is 0.567. The van der Waals surface area contributed by atoms with Crippen molar-refractivity contribution in [3.8, 4) is 0 Å². The molecule has 0 spiro atoms. The standard InChI is InChI=1S/C9H10Cl2FNO2S/c1-5(2)13-16(14,15)7-4-3-6(10)9(12)8(7)11/h3-5,13H,1-2H3. The zero-order valence-electron chi connectivity index (χ0n) is 8.59. The molecule has 0 radical (unpaired) electrons. The molecule has 0 amide bonds. The van der Waals surface area contributed by atoms with Crippen LogP contribution in [0.2, 0.25) is 10.0 Å². The second kappa shape index (κ2) is 4.87. The van der Waals surface area contributed by atoms with Gasteiger partial charge in [-0.2, -0.15) is 0 Å². The molecule has 0 heterocycles. The van der Waals surface area contributed by atoms with Crippen molar-refractivity contribution < 1.29 is 12.8 Å². The van der Waals surface area contributed by atoms with E-state index in [9.17, 15) is 12.8 Å². The molecule has 0 atom stereocenters. The quantitative estimate of drug-likeness (QED) is 0.868. The topological polar surface area (TPSA) is 46.2 Å². The zero-order chi connectivity index (χ0) is 12.5. The minimum absolute atomic E-state index is 0.214. The molecule has 90 valence electrons. The zero-order valence-corrected chi connectivity index (χ0v) is 10.9. The highest BCUT2D eigenvalue weighted by molar-refractivity contribution is 7.89. The largest absolute Gasteiger partial charge is 0.242 e. The predicted molar refractivity (Wildman–Crippen MR) is 61.9 cm³/mol. The molecule has 0 aliphatic carbocycles. The van der Waals surface area contributed by atoms with Gasteiger partial charge in [-0.25, -0.2) is 17.5 Å². The first-order chi connectivity index (χ1) is 7.25. The minimum Gasteiger partial charge on any atom is -0.209 e. The Morgan fingerprint density at radius 3 is 2.38 bits per heavy atom. The van der Waals surface area contributed by atoms with Crippen LogP contribution in [-0.4, -0.2) is 14.5 Å². The van der Waals surface area contributed by atoms with Crippen LogP contribution in [0.25, 0.3) is 0 Å². The van der Waals surface area contributed by atoms with E-state index in [-0.39, 0.29) is 16.0 Å². The average Bonchev–Trinajstić information content (AvgIpc) is 2.11. The lowest BCUT2D eigenvalue weighted by Gasteiger charge is -2.11. The van der Waals surface area contributed by atoms with Gasteiger partial charge < -0.3 is 0 Å². The molecule has 0 saturated heterocycles. The first-order valence-electron chi connectivity index (χ1n) is 4.41. The number of halogens is 3. The van der Waals surface area contributed by atoms with Gasteiger partial charge >= 0.3 is 0 Å². The maximum atomic E-state index is 13.3. The van der Waals surface area contributed by atoms with Crippen LogP contribution in [0.5, 0.6) is 0 Å². The van der Waals surface area contributed by atoms with Gasteiger partial charge in [0.15, 0.2) is 5.82 Å². The number of hydrogen-bond acceptors (Lipinski definition) is 2. The number of rotatable bonds is 3. The Morgan fingerprint density at radius 1 is 1.31 bits per heavy atom. The summed E-state index contributed by atoms with van der Waals surface area (Å²) in [7, 11) is -3.81. The first-order valence-corrected chi connectivity index (χ1v) is 6.65. The van der Waals surface area contributed by atoms with E-state index in [0.29, 0.717) is 0 Å². The normalized spacial score (nSPS) is 12.1. The van der Waals surface area contributed by atoms with Crippen LogP contribution >= 0.6 is 23.2 Å². The summed E-state index contributed by atoms with van der Waals surface area (Å²) in [5, 5.41) is -0.714. The van der Waals surface area contributed by atoms with Crippen molar-refractivity contribution in [2.24, 2.45) is 0 Å². The molecule has 7 heteroatoms. The third-order valence-electron chi connectivity index (χ3n) is 1.68. The van der Waals surface area contributed by atoms with Crippen molar-refractivity contribution in [3.63, 3.8) is 0 Å². The summed E-state index contributed by atoms with van der Waals surface area (Å²) in [5.41, 5.74) is 0. The SMILES string of the molecule is CC(C)NS(=O)(=O)c1ccc(Cl)c(F)c1Cl. The van der Waals surface area contributed by atoms with Gasteiger partial charge in [0.2, 0.25) is 10.0 Å². The van der Waals surface area contributed by atoms with Crippen LogP contribution in [0.4, 0.5) is 4.39 Å². The van der Waals surface area contributed by atoms with Gasteiger partial charge in [0, 0.05) is 6.04 Å². The maximum Gasteiger partial charge on any atom is 0.242 e. The molecule has 0 bridgehead atoms. The van der Waals surface area contributed by atoms with Crippen molar-refractivity contribution in [3.05, 3.63) is 28.0 Å². The molecule has 3 nitrogen and oxygen atoms in total. The Kier molecular flexibility index (Phi) is 4.17. The average molecular weight is 286 g/mol. The van der Waals surface area contributed by atoms with E-state index in [4.69, 9.17) is 23.2 Å². The second-order valence-corrected chi connectivity index (χ2v) is 5.92. The Labute approximate surface area is 104 Å². The summed E-state index contributed by atoms with van der Waals surface area (Å²) in [4.78, 5) is -0.315. The molecule has 1 aromatic carbocycles. The van der Waals surface area contributed by atoms with Gasteiger partial charge in [0.1, 0.15) is 4.90 Å². The second-order valence-electron chi connectivity index (χ2n) is 3.45. The monoisotopic (exact) mass is 285 g/mol. The Hall–Kier alpha value is -0.360. The van der Waals surface area contributed by atoms with Crippen LogP contribution < -0.4 is 4.72 Å². The van der Waals surface area contributed by atoms with E-state index in [1.54, 1.807) is 13.8 Å². The number of nitrogens with one attached hydrogen (secondary N) is 1. The van der Waals surface area contributed by atoms with E-state index < -0.39 is 20.9 Å². The molecular weight excluding hydrogens is 276 g/mol. The summed E-state index contributed by atoms with van der Waals surface area (Å²) in [6, 6.07) is 2.01. The lowest BCUT2D eigenvalue weighted by atomic mass is 10.3. The summed E-state index contributed by atoms with van der Waals surface area (Å²) in [5.74, 6) is -0.935. The molecule has 1 rings (SSSR count). The Balaban J connectivity index is 3.30. The number of sulfonamides is 1. The molecule has 0 fully saturated rings. The molecule has 16 heavy (non-hydrogen) atoms. The van der Waals surface area contributed by atoms with E-state index in [2.05, 4.69) is 4.72 Å². The van der Waals surface area contributed by atoms with Crippen molar-refractivity contribution in [1.29, 1.82) is 0 Å². The fourth-order valence-electron chi connectivity index (χ4n) is 1.09. The van der Waals surface area contributed by atoms with Gasteiger partial charge in [-0.1, -0.05) is 23.2 Å². The van der Waals surface area contributed by atoms with Crippen LogP contribution in [0, 0.1) is 5.82 Å². The third-order valence-corrected chi connectivity index (χ3v) is 4.15.